The fourth-order valence-corrected chi connectivity index (χ4v) is 2.76. The van der Waals surface area contributed by atoms with Crippen LogP contribution in [0.5, 0.6) is 17.2 Å². The molecule has 0 bridgehead atoms. The molecule has 1 aliphatic rings. The largest absolute Gasteiger partial charge is 0.493 e. The number of anilines is 1. The van der Waals surface area contributed by atoms with Gasteiger partial charge in [0, 0.05) is 6.54 Å². The van der Waals surface area contributed by atoms with Crippen LogP contribution in [0.2, 0.25) is 0 Å². The van der Waals surface area contributed by atoms with Crippen LogP contribution in [-0.4, -0.2) is 33.9 Å². The minimum Gasteiger partial charge on any atom is -0.493 e. The minimum atomic E-state index is 0.739. The van der Waals surface area contributed by atoms with Crippen molar-refractivity contribution in [3.8, 4) is 17.2 Å². The maximum atomic E-state index is 5.69. The van der Waals surface area contributed by atoms with Gasteiger partial charge >= 0.3 is 0 Å². The Bertz CT molecular complexity index is 642. The lowest BCUT2D eigenvalue weighted by Crippen LogP contribution is -2.34. The first kappa shape index (κ1) is 14.6. The topological polar surface area (TPSA) is 30.9 Å². The van der Waals surface area contributed by atoms with Crippen LogP contribution in [-0.2, 0) is 6.42 Å². The molecule has 1 heterocycles. The van der Waals surface area contributed by atoms with Crippen molar-refractivity contribution in [2.24, 2.45) is 0 Å². The Labute approximate surface area is 131 Å². The van der Waals surface area contributed by atoms with Crippen LogP contribution < -0.4 is 19.1 Å². The Kier molecular flexibility index (Phi) is 4.37. The Morgan fingerprint density at radius 3 is 2.68 bits per heavy atom. The van der Waals surface area contributed by atoms with Gasteiger partial charge in [-0.3, -0.25) is 0 Å². The third-order valence-corrected chi connectivity index (χ3v) is 3.94. The number of rotatable bonds is 5. The van der Waals surface area contributed by atoms with Crippen molar-refractivity contribution in [2.75, 3.05) is 38.8 Å². The van der Waals surface area contributed by atoms with Gasteiger partial charge in [-0.15, -0.1) is 0 Å². The summed E-state index contributed by atoms with van der Waals surface area (Å²) in [5.74, 6) is 2.52. The molecule has 4 heteroatoms. The fraction of sp³-hybridized carbons (Fsp3) is 0.333. The Morgan fingerprint density at radius 1 is 1.05 bits per heavy atom. The highest BCUT2D eigenvalue weighted by Crippen LogP contribution is 2.31. The smallest absolute Gasteiger partial charge is 0.160 e. The Balaban J connectivity index is 1.71. The number of fused-ring (bicyclic) bond motifs is 1. The lowest BCUT2D eigenvalue weighted by Gasteiger charge is -2.31. The highest BCUT2D eigenvalue weighted by atomic mass is 16.5. The van der Waals surface area contributed by atoms with Crippen molar-refractivity contribution in [3.63, 3.8) is 0 Å². The van der Waals surface area contributed by atoms with E-state index in [1.807, 2.05) is 24.3 Å². The Morgan fingerprint density at radius 2 is 1.86 bits per heavy atom. The molecule has 0 saturated heterocycles. The molecule has 116 valence electrons. The zero-order valence-electron chi connectivity index (χ0n) is 13.0. The number of benzene rings is 2. The maximum absolute atomic E-state index is 5.69. The minimum absolute atomic E-state index is 0.739. The quantitative estimate of drug-likeness (QED) is 0.848. The van der Waals surface area contributed by atoms with Gasteiger partial charge in [-0.1, -0.05) is 18.2 Å². The van der Waals surface area contributed by atoms with Crippen LogP contribution in [0.3, 0.4) is 0 Å². The summed E-state index contributed by atoms with van der Waals surface area (Å²) < 4.78 is 16.3. The third-order valence-electron chi connectivity index (χ3n) is 3.94. The zero-order valence-corrected chi connectivity index (χ0v) is 13.0. The first-order valence-corrected chi connectivity index (χ1v) is 7.49. The van der Waals surface area contributed by atoms with E-state index < -0.39 is 0 Å². The highest BCUT2D eigenvalue weighted by Gasteiger charge is 2.17. The van der Waals surface area contributed by atoms with E-state index in [0.717, 1.165) is 43.4 Å². The normalized spacial score (nSPS) is 13.3. The van der Waals surface area contributed by atoms with Crippen LogP contribution in [0.15, 0.2) is 42.5 Å². The van der Waals surface area contributed by atoms with Gasteiger partial charge in [0.05, 0.1) is 26.5 Å². The van der Waals surface area contributed by atoms with Gasteiger partial charge in [0.1, 0.15) is 12.4 Å². The van der Waals surface area contributed by atoms with E-state index in [9.17, 15) is 0 Å². The van der Waals surface area contributed by atoms with Gasteiger partial charge in [-0.2, -0.15) is 0 Å². The van der Waals surface area contributed by atoms with E-state index in [-0.39, 0.29) is 0 Å². The van der Waals surface area contributed by atoms with Crippen LogP contribution in [0.4, 0.5) is 5.69 Å². The molecule has 0 unspecified atom stereocenters. The molecule has 0 spiro atoms. The van der Waals surface area contributed by atoms with E-state index in [0.29, 0.717) is 0 Å². The van der Waals surface area contributed by atoms with Crippen molar-refractivity contribution >= 4 is 5.69 Å². The van der Waals surface area contributed by atoms with Crippen molar-refractivity contribution in [2.45, 2.75) is 6.42 Å². The number of hydrogen-bond acceptors (Lipinski definition) is 4. The number of ether oxygens (including phenoxy) is 3. The molecule has 22 heavy (non-hydrogen) atoms. The van der Waals surface area contributed by atoms with Gasteiger partial charge in [-0.05, 0) is 36.2 Å². The summed E-state index contributed by atoms with van der Waals surface area (Å²) in [5.41, 5.74) is 2.41. The van der Waals surface area contributed by atoms with Crippen LogP contribution >= 0.6 is 0 Å². The lowest BCUT2D eigenvalue weighted by molar-refractivity contribution is 0.307. The average Bonchev–Trinajstić information content (AvgIpc) is 2.59. The highest BCUT2D eigenvalue weighted by molar-refractivity contribution is 5.59. The standard InChI is InChI=1S/C18H21NO3/c1-20-17-8-7-14(13-18(17)21-2)9-10-19-11-12-22-16-6-4-3-5-15(16)19/h3-8,13H,9-12H2,1-2H3. The van der Waals surface area contributed by atoms with Crippen LogP contribution in [0.1, 0.15) is 5.56 Å². The van der Waals surface area contributed by atoms with E-state index in [1.165, 1.54) is 11.3 Å². The molecule has 0 aromatic heterocycles. The average molecular weight is 299 g/mol. The first-order chi connectivity index (χ1) is 10.8. The molecule has 0 amide bonds. The molecule has 0 radical (unpaired) electrons. The van der Waals surface area contributed by atoms with Crippen LogP contribution in [0.25, 0.3) is 0 Å². The van der Waals surface area contributed by atoms with Crippen LogP contribution in [0, 0.1) is 0 Å². The zero-order chi connectivity index (χ0) is 15.4. The van der Waals surface area contributed by atoms with E-state index >= 15 is 0 Å². The molecule has 0 aliphatic carbocycles. The molecular weight excluding hydrogens is 278 g/mol. The summed E-state index contributed by atoms with van der Waals surface area (Å²) in [6.45, 7) is 2.61. The molecule has 4 nitrogen and oxygen atoms in total. The van der Waals surface area contributed by atoms with Crippen molar-refractivity contribution < 1.29 is 14.2 Å². The van der Waals surface area contributed by atoms with E-state index in [4.69, 9.17) is 14.2 Å². The molecule has 1 aliphatic heterocycles. The second kappa shape index (κ2) is 6.60. The SMILES string of the molecule is COc1ccc(CCN2CCOc3ccccc32)cc1OC. The molecule has 3 rings (SSSR count). The van der Waals surface area contributed by atoms with Crippen molar-refractivity contribution in [3.05, 3.63) is 48.0 Å². The lowest BCUT2D eigenvalue weighted by atomic mass is 10.1. The molecule has 0 saturated carbocycles. The molecule has 2 aromatic carbocycles. The number of nitrogens with zero attached hydrogens (tertiary/aromatic N) is 1. The third kappa shape index (κ3) is 2.96. The van der Waals surface area contributed by atoms with Gasteiger partial charge in [-0.25, -0.2) is 0 Å². The summed E-state index contributed by atoms with van der Waals surface area (Å²) in [6, 6.07) is 14.3. The number of para-hydroxylation sites is 2. The summed E-state index contributed by atoms with van der Waals surface area (Å²) in [4.78, 5) is 2.37. The predicted molar refractivity (Wildman–Crippen MR) is 87.4 cm³/mol. The molecule has 0 atom stereocenters. The first-order valence-electron chi connectivity index (χ1n) is 7.49. The number of hydrogen-bond donors (Lipinski definition) is 0. The fourth-order valence-electron chi connectivity index (χ4n) is 2.76. The van der Waals surface area contributed by atoms with Crippen molar-refractivity contribution in [1.29, 1.82) is 0 Å². The maximum Gasteiger partial charge on any atom is 0.160 e. The monoisotopic (exact) mass is 299 g/mol. The molecule has 2 aromatic rings. The predicted octanol–water partition coefficient (Wildman–Crippen LogP) is 3.15. The summed E-state index contributed by atoms with van der Waals surface area (Å²) in [7, 11) is 3.32. The van der Waals surface area contributed by atoms with Crippen molar-refractivity contribution in [1.82, 2.24) is 0 Å². The summed E-state index contributed by atoms with van der Waals surface area (Å²) >= 11 is 0. The summed E-state index contributed by atoms with van der Waals surface area (Å²) in [6.07, 6.45) is 0.953. The van der Waals surface area contributed by atoms with Gasteiger partial charge in [0.15, 0.2) is 11.5 Å². The Hall–Kier alpha value is -2.36. The second-order valence-electron chi connectivity index (χ2n) is 5.24. The van der Waals surface area contributed by atoms with Gasteiger partial charge < -0.3 is 19.1 Å². The molecule has 0 fully saturated rings. The van der Waals surface area contributed by atoms with E-state index in [2.05, 4.69) is 23.1 Å². The second-order valence-corrected chi connectivity index (χ2v) is 5.24. The number of methoxy groups -OCH3 is 2. The molecule has 0 N–H and O–H groups in total. The van der Waals surface area contributed by atoms with Gasteiger partial charge in [0.2, 0.25) is 0 Å². The van der Waals surface area contributed by atoms with Gasteiger partial charge in [0.25, 0.3) is 0 Å². The van der Waals surface area contributed by atoms with E-state index in [1.54, 1.807) is 14.2 Å². The molecular formula is C18H21NO3. The summed E-state index contributed by atoms with van der Waals surface area (Å²) in [5, 5.41) is 0.